The van der Waals surface area contributed by atoms with Crippen LogP contribution in [0.15, 0.2) is 76.6 Å². The van der Waals surface area contributed by atoms with Crippen LogP contribution in [0.25, 0.3) is 10.8 Å². The number of fused-ring (bicyclic) bond motifs is 1. The Hall–Kier alpha value is -3.94. The number of aromatic amines is 1. The highest BCUT2D eigenvalue weighted by molar-refractivity contribution is 5.80. The molecule has 8 nitrogen and oxygen atoms in total. The molecule has 0 atom stereocenters. The molecule has 30 heavy (non-hydrogen) atoms. The van der Waals surface area contributed by atoms with Crippen molar-refractivity contribution in [1.29, 1.82) is 0 Å². The molecule has 2 heterocycles. The van der Waals surface area contributed by atoms with Gasteiger partial charge in [0.05, 0.1) is 23.9 Å². The fraction of sp³-hybridized carbons (Fsp3) is 0.182. The predicted octanol–water partition coefficient (Wildman–Crippen LogP) is 1.64. The average molecular weight is 403 g/mol. The summed E-state index contributed by atoms with van der Waals surface area (Å²) in [7, 11) is 0. The van der Waals surface area contributed by atoms with E-state index < -0.39 is 0 Å². The van der Waals surface area contributed by atoms with Gasteiger partial charge in [-0.3, -0.25) is 24.2 Å². The van der Waals surface area contributed by atoms with Crippen LogP contribution in [-0.2, 0) is 24.4 Å². The van der Waals surface area contributed by atoms with Crippen molar-refractivity contribution >= 4 is 16.7 Å². The molecule has 0 bridgehead atoms. The fourth-order valence-corrected chi connectivity index (χ4v) is 3.25. The molecular formula is C22H21N5O3. The van der Waals surface area contributed by atoms with E-state index in [0.717, 1.165) is 11.1 Å². The Morgan fingerprint density at radius 2 is 1.70 bits per heavy atom. The topological polar surface area (TPSA) is 102 Å². The Bertz CT molecular complexity index is 1270. The molecule has 0 radical (unpaired) electrons. The van der Waals surface area contributed by atoms with Crippen molar-refractivity contribution in [3.05, 3.63) is 98.8 Å². The molecule has 1 amide bonds. The predicted molar refractivity (Wildman–Crippen MR) is 113 cm³/mol. The number of hydrogen-bond acceptors (Lipinski definition) is 4. The van der Waals surface area contributed by atoms with E-state index in [-0.39, 0.29) is 30.0 Å². The van der Waals surface area contributed by atoms with E-state index in [1.165, 1.54) is 4.68 Å². The number of rotatable bonds is 7. The second kappa shape index (κ2) is 8.60. The van der Waals surface area contributed by atoms with Crippen LogP contribution in [0.1, 0.15) is 17.5 Å². The lowest BCUT2D eigenvalue weighted by Gasteiger charge is -2.09. The summed E-state index contributed by atoms with van der Waals surface area (Å²) in [6.45, 7) is 1.19. The number of H-pyrrole nitrogens is 1. The molecule has 2 aromatic heterocycles. The van der Waals surface area contributed by atoms with Gasteiger partial charge in [0, 0.05) is 25.4 Å². The lowest BCUT2D eigenvalue weighted by molar-refractivity contribution is -0.121. The molecule has 4 rings (SSSR count). The number of nitrogens with one attached hydrogen (secondary N) is 2. The number of amides is 1. The normalized spacial score (nSPS) is 10.9. The summed E-state index contributed by atoms with van der Waals surface area (Å²) in [4.78, 5) is 36.8. The van der Waals surface area contributed by atoms with Gasteiger partial charge in [0.1, 0.15) is 0 Å². The first-order valence-electron chi connectivity index (χ1n) is 9.64. The van der Waals surface area contributed by atoms with Gasteiger partial charge in [-0.25, -0.2) is 4.68 Å². The summed E-state index contributed by atoms with van der Waals surface area (Å²) in [5, 5.41) is 10.2. The van der Waals surface area contributed by atoms with Crippen molar-refractivity contribution in [2.45, 2.75) is 26.1 Å². The maximum absolute atomic E-state index is 12.5. The summed E-state index contributed by atoms with van der Waals surface area (Å²) in [6.07, 6.45) is 3.74. The minimum Gasteiger partial charge on any atom is -0.352 e. The van der Waals surface area contributed by atoms with Crippen molar-refractivity contribution in [2.75, 3.05) is 0 Å². The van der Waals surface area contributed by atoms with E-state index in [2.05, 4.69) is 15.5 Å². The van der Waals surface area contributed by atoms with E-state index in [4.69, 9.17) is 0 Å². The number of hydrogen-bond donors (Lipinski definition) is 2. The first kappa shape index (κ1) is 19.4. The van der Waals surface area contributed by atoms with Gasteiger partial charge in [-0.1, -0.05) is 36.4 Å². The van der Waals surface area contributed by atoms with E-state index in [1.807, 2.05) is 41.2 Å². The molecule has 2 aromatic carbocycles. The number of nitrogens with zero attached hydrogens (tertiary/aromatic N) is 3. The molecule has 0 spiro atoms. The first-order valence-corrected chi connectivity index (χ1v) is 9.64. The quantitative estimate of drug-likeness (QED) is 0.490. The van der Waals surface area contributed by atoms with E-state index in [0.29, 0.717) is 23.9 Å². The van der Waals surface area contributed by atoms with Crippen LogP contribution in [0.3, 0.4) is 0 Å². The molecule has 0 saturated carbocycles. The average Bonchev–Trinajstić information content (AvgIpc) is 3.28. The number of benzene rings is 2. The van der Waals surface area contributed by atoms with Crippen LogP contribution >= 0.6 is 0 Å². The summed E-state index contributed by atoms with van der Waals surface area (Å²) >= 11 is 0. The number of aromatic nitrogens is 4. The maximum Gasteiger partial charge on any atom is 0.273 e. The Labute approximate surface area is 171 Å². The molecule has 0 aliphatic rings. The Morgan fingerprint density at radius 1 is 0.967 bits per heavy atom. The number of aryl methyl sites for hydroxylation is 1. The van der Waals surface area contributed by atoms with Gasteiger partial charge in [0.15, 0.2) is 0 Å². The minimum absolute atomic E-state index is 0.0889. The molecule has 0 unspecified atom stereocenters. The summed E-state index contributed by atoms with van der Waals surface area (Å²) in [6, 6.07) is 16.4. The van der Waals surface area contributed by atoms with Crippen LogP contribution < -0.4 is 16.4 Å². The second-order valence-electron chi connectivity index (χ2n) is 6.99. The molecule has 8 heteroatoms. The number of carbonyl (C=O) groups excluding carboxylic acids is 1. The van der Waals surface area contributed by atoms with Crippen LogP contribution in [0.2, 0.25) is 0 Å². The van der Waals surface area contributed by atoms with E-state index in [9.17, 15) is 14.4 Å². The minimum atomic E-state index is -0.346. The van der Waals surface area contributed by atoms with Gasteiger partial charge in [0.25, 0.3) is 11.1 Å². The molecule has 4 aromatic rings. The van der Waals surface area contributed by atoms with Crippen LogP contribution in [0.4, 0.5) is 0 Å². The molecule has 2 N–H and O–H groups in total. The standard InChI is InChI=1S/C22H21N5O3/c28-20(10-13-27-22(30)19-5-2-1-4-18(19)21(29)25-27)23-14-16-6-8-17(9-7-16)15-26-12-3-11-24-26/h1-9,11-12H,10,13-15H2,(H,23,28)(H,25,29). The van der Waals surface area contributed by atoms with Crippen molar-refractivity contribution in [1.82, 2.24) is 24.9 Å². The SMILES string of the molecule is O=C(CCn1[nH]c(=O)c2ccccc2c1=O)NCc1ccc(Cn2cccn2)cc1. The number of carbonyl (C=O) groups is 1. The van der Waals surface area contributed by atoms with Gasteiger partial charge in [-0.15, -0.1) is 0 Å². The lowest BCUT2D eigenvalue weighted by Crippen LogP contribution is -2.32. The molecular weight excluding hydrogens is 382 g/mol. The zero-order chi connectivity index (χ0) is 20.9. The largest absolute Gasteiger partial charge is 0.352 e. The summed E-state index contributed by atoms with van der Waals surface area (Å²) in [5.41, 5.74) is 1.43. The zero-order valence-corrected chi connectivity index (χ0v) is 16.2. The third kappa shape index (κ3) is 4.38. The van der Waals surface area contributed by atoms with Crippen molar-refractivity contribution in [3.63, 3.8) is 0 Å². The van der Waals surface area contributed by atoms with Gasteiger partial charge < -0.3 is 5.32 Å². The van der Waals surface area contributed by atoms with Gasteiger partial charge in [-0.05, 0) is 29.3 Å². The summed E-state index contributed by atoms with van der Waals surface area (Å²) < 4.78 is 3.03. The van der Waals surface area contributed by atoms with Gasteiger partial charge in [-0.2, -0.15) is 5.10 Å². The highest BCUT2D eigenvalue weighted by Gasteiger charge is 2.08. The van der Waals surface area contributed by atoms with Gasteiger partial charge in [0.2, 0.25) is 5.91 Å². The molecule has 0 fully saturated rings. The van der Waals surface area contributed by atoms with Crippen molar-refractivity contribution in [2.24, 2.45) is 0 Å². The van der Waals surface area contributed by atoms with Crippen molar-refractivity contribution in [3.8, 4) is 0 Å². The van der Waals surface area contributed by atoms with E-state index >= 15 is 0 Å². The lowest BCUT2D eigenvalue weighted by atomic mass is 10.1. The van der Waals surface area contributed by atoms with Crippen LogP contribution in [-0.4, -0.2) is 25.5 Å². The third-order valence-corrected chi connectivity index (χ3v) is 4.86. The van der Waals surface area contributed by atoms with Crippen LogP contribution in [0.5, 0.6) is 0 Å². The van der Waals surface area contributed by atoms with E-state index in [1.54, 1.807) is 30.5 Å². The first-order chi connectivity index (χ1) is 14.6. The summed E-state index contributed by atoms with van der Waals surface area (Å²) in [5.74, 6) is -0.198. The third-order valence-electron chi connectivity index (χ3n) is 4.86. The maximum atomic E-state index is 12.5. The zero-order valence-electron chi connectivity index (χ0n) is 16.2. The second-order valence-corrected chi connectivity index (χ2v) is 6.99. The van der Waals surface area contributed by atoms with Gasteiger partial charge >= 0.3 is 0 Å². The van der Waals surface area contributed by atoms with Crippen molar-refractivity contribution < 1.29 is 4.79 Å². The highest BCUT2D eigenvalue weighted by atomic mass is 16.2. The Balaban J connectivity index is 1.32. The Kier molecular flexibility index (Phi) is 5.56. The highest BCUT2D eigenvalue weighted by Crippen LogP contribution is 2.06. The fourth-order valence-electron chi connectivity index (χ4n) is 3.25. The smallest absolute Gasteiger partial charge is 0.273 e. The van der Waals surface area contributed by atoms with Crippen LogP contribution in [0, 0.1) is 0 Å². The molecule has 0 saturated heterocycles. The molecule has 0 aliphatic heterocycles. The monoisotopic (exact) mass is 403 g/mol. The molecule has 152 valence electrons. The molecule has 0 aliphatic carbocycles. The Morgan fingerprint density at radius 3 is 2.43 bits per heavy atom.